The van der Waals surface area contributed by atoms with Crippen molar-refractivity contribution >= 4 is 22.1 Å². The van der Waals surface area contributed by atoms with Crippen molar-refractivity contribution in [2.24, 2.45) is 0 Å². The van der Waals surface area contributed by atoms with E-state index in [0.29, 0.717) is 0 Å². The fraction of sp³-hybridized carbons (Fsp3) is 0.167. The van der Waals surface area contributed by atoms with Crippen molar-refractivity contribution in [3.05, 3.63) is 76.7 Å². The van der Waals surface area contributed by atoms with Gasteiger partial charge in [-0.2, -0.15) is 0 Å². The van der Waals surface area contributed by atoms with Crippen molar-refractivity contribution in [3.63, 3.8) is 0 Å². The van der Waals surface area contributed by atoms with Gasteiger partial charge in [-0.1, -0.05) is 54.6 Å². The van der Waals surface area contributed by atoms with Crippen LogP contribution in [-0.4, -0.2) is 20.9 Å². The van der Waals surface area contributed by atoms with Crippen molar-refractivity contribution in [1.82, 2.24) is 4.72 Å². The zero-order valence-electron chi connectivity index (χ0n) is 13.3. The molecule has 6 heteroatoms. The van der Waals surface area contributed by atoms with Crippen LogP contribution >= 0.6 is 0 Å². The van der Waals surface area contributed by atoms with Crippen molar-refractivity contribution in [3.8, 4) is 0 Å². The number of hydrogen-bond acceptors (Lipinski definition) is 4. The van der Waals surface area contributed by atoms with Gasteiger partial charge in [0.2, 0.25) is 10.0 Å². The molecule has 0 atom stereocenters. The second kappa shape index (κ2) is 8.42. The van der Waals surface area contributed by atoms with E-state index in [1.165, 1.54) is 6.08 Å². The molecule has 2 aromatic rings. The molecule has 0 aromatic heterocycles. The highest BCUT2D eigenvalue weighted by Gasteiger charge is 2.10. The molecular weight excluding hydrogens is 326 g/mol. The van der Waals surface area contributed by atoms with Crippen LogP contribution in [0.25, 0.3) is 6.08 Å². The monoisotopic (exact) mass is 345 g/mol. The number of sulfonamides is 1. The first-order valence-corrected chi connectivity index (χ1v) is 8.94. The fourth-order valence-electron chi connectivity index (χ4n) is 1.92. The van der Waals surface area contributed by atoms with Gasteiger partial charge in [-0.05, 0) is 29.7 Å². The Morgan fingerprint density at radius 2 is 1.75 bits per heavy atom. The van der Waals surface area contributed by atoms with E-state index in [0.717, 1.165) is 22.1 Å². The molecule has 0 heterocycles. The lowest BCUT2D eigenvalue weighted by Crippen LogP contribution is -2.29. The molecule has 1 N–H and O–H groups in total. The lowest BCUT2D eigenvalue weighted by molar-refractivity contribution is -0.143. The second-order valence-corrected chi connectivity index (χ2v) is 6.82. The van der Waals surface area contributed by atoms with E-state index < -0.39 is 22.5 Å². The highest BCUT2D eigenvalue weighted by atomic mass is 32.2. The van der Waals surface area contributed by atoms with Gasteiger partial charge in [0.15, 0.2) is 0 Å². The number of rotatable bonds is 7. The molecule has 0 aliphatic heterocycles. The number of aryl methyl sites for hydroxylation is 1. The molecule has 0 fully saturated rings. The summed E-state index contributed by atoms with van der Waals surface area (Å²) < 4.78 is 30.9. The predicted octanol–water partition coefficient (Wildman–Crippen LogP) is 2.63. The molecule has 0 bridgehead atoms. The van der Waals surface area contributed by atoms with Crippen LogP contribution < -0.4 is 4.72 Å². The Morgan fingerprint density at radius 3 is 2.46 bits per heavy atom. The van der Waals surface area contributed by atoms with Crippen LogP contribution in [0.1, 0.15) is 16.7 Å². The Morgan fingerprint density at radius 1 is 1.08 bits per heavy atom. The Balaban J connectivity index is 1.82. The Hall–Kier alpha value is -2.44. The molecule has 0 radical (unpaired) electrons. The molecule has 0 saturated heterocycles. The molecule has 0 aliphatic carbocycles. The topological polar surface area (TPSA) is 72.5 Å². The van der Waals surface area contributed by atoms with E-state index in [-0.39, 0.29) is 6.61 Å². The quantitative estimate of drug-likeness (QED) is 0.783. The van der Waals surface area contributed by atoms with Crippen molar-refractivity contribution in [1.29, 1.82) is 0 Å². The molecular formula is C18H19NO4S. The maximum absolute atomic E-state index is 11.8. The van der Waals surface area contributed by atoms with Crippen LogP contribution in [0.5, 0.6) is 0 Å². The second-order valence-electron chi connectivity index (χ2n) is 5.17. The fourth-order valence-corrected chi connectivity index (χ4v) is 2.67. The minimum atomic E-state index is -3.70. The summed E-state index contributed by atoms with van der Waals surface area (Å²) in [6.45, 7) is 1.63. The number of ether oxygens (including phenoxy) is 1. The third-order valence-electron chi connectivity index (χ3n) is 3.31. The number of esters is 1. The van der Waals surface area contributed by atoms with Gasteiger partial charge < -0.3 is 4.74 Å². The smallest absolute Gasteiger partial charge is 0.321 e. The maximum Gasteiger partial charge on any atom is 0.321 e. The summed E-state index contributed by atoms with van der Waals surface area (Å²) in [5.74, 6) is -0.630. The van der Waals surface area contributed by atoms with Crippen LogP contribution in [0.15, 0.2) is 60.0 Å². The van der Waals surface area contributed by atoms with Crippen molar-refractivity contribution in [2.45, 2.75) is 13.5 Å². The van der Waals surface area contributed by atoms with E-state index in [9.17, 15) is 13.2 Å². The molecule has 126 valence electrons. The molecule has 0 amide bonds. The van der Waals surface area contributed by atoms with Gasteiger partial charge in [0, 0.05) is 5.41 Å². The minimum Gasteiger partial charge on any atom is -0.460 e. The van der Waals surface area contributed by atoms with Crippen LogP contribution in [0, 0.1) is 6.92 Å². The number of nitrogens with one attached hydrogen (secondary N) is 1. The third-order valence-corrected chi connectivity index (χ3v) is 4.35. The predicted molar refractivity (Wildman–Crippen MR) is 93.4 cm³/mol. The van der Waals surface area contributed by atoms with Gasteiger partial charge in [-0.25, -0.2) is 13.1 Å². The summed E-state index contributed by atoms with van der Waals surface area (Å²) in [5, 5.41) is 1.02. The SMILES string of the molecule is Cc1ccccc1COC(=O)CNS(=O)(=O)/C=C/c1ccccc1. The Labute approximate surface area is 142 Å². The van der Waals surface area contributed by atoms with Crippen LogP contribution in [-0.2, 0) is 26.2 Å². The van der Waals surface area contributed by atoms with E-state index in [1.54, 1.807) is 12.1 Å². The highest BCUT2D eigenvalue weighted by molar-refractivity contribution is 7.92. The molecule has 0 saturated carbocycles. The molecule has 0 aliphatic rings. The average Bonchev–Trinajstić information content (AvgIpc) is 2.59. The first kappa shape index (κ1) is 17.9. The number of carbonyl (C=O) groups is 1. The summed E-state index contributed by atoms with van der Waals surface area (Å²) in [4.78, 5) is 11.7. The molecule has 2 aromatic carbocycles. The first-order chi connectivity index (χ1) is 11.5. The van der Waals surface area contributed by atoms with Crippen LogP contribution in [0.3, 0.4) is 0 Å². The molecule has 0 spiro atoms. The summed E-state index contributed by atoms with van der Waals surface area (Å²) >= 11 is 0. The van der Waals surface area contributed by atoms with Crippen LogP contribution in [0.2, 0.25) is 0 Å². The van der Waals surface area contributed by atoms with Crippen molar-refractivity contribution in [2.75, 3.05) is 6.54 Å². The van der Waals surface area contributed by atoms with Gasteiger partial charge in [0.25, 0.3) is 0 Å². The highest BCUT2D eigenvalue weighted by Crippen LogP contribution is 2.08. The van der Waals surface area contributed by atoms with Gasteiger partial charge in [-0.3, -0.25) is 4.79 Å². The molecule has 2 rings (SSSR count). The van der Waals surface area contributed by atoms with Gasteiger partial charge in [0.05, 0.1) is 0 Å². The first-order valence-electron chi connectivity index (χ1n) is 7.39. The summed E-state index contributed by atoms with van der Waals surface area (Å²) in [6.07, 6.45) is 1.46. The maximum atomic E-state index is 11.8. The normalized spacial score (nSPS) is 11.5. The number of hydrogen-bond donors (Lipinski definition) is 1. The lowest BCUT2D eigenvalue weighted by atomic mass is 10.1. The zero-order chi connectivity index (χ0) is 17.4. The zero-order valence-corrected chi connectivity index (χ0v) is 14.1. The standard InChI is InChI=1S/C18H19NO4S/c1-15-7-5-6-10-17(15)14-23-18(20)13-19-24(21,22)12-11-16-8-3-2-4-9-16/h2-12,19H,13-14H2,1H3/b12-11+. The largest absolute Gasteiger partial charge is 0.460 e. The van der Waals surface area contributed by atoms with E-state index in [2.05, 4.69) is 4.72 Å². The molecule has 24 heavy (non-hydrogen) atoms. The minimum absolute atomic E-state index is 0.118. The summed E-state index contributed by atoms with van der Waals surface area (Å²) in [7, 11) is -3.70. The Kier molecular flexibility index (Phi) is 6.28. The van der Waals surface area contributed by atoms with Gasteiger partial charge in [0.1, 0.15) is 13.2 Å². The van der Waals surface area contributed by atoms with Crippen LogP contribution in [0.4, 0.5) is 0 Å². The average molecular weight is 345 g/mol. The van der Waals surface area contributed by atoms with Gasteiger partial charge in [-0.15, -0.1) is 0 Å². The van der Waals surface area contributed by atoms with Crippen molar-refractivity contribution < 1.29 is 17.9 Å². The molecule has 0 unspecified atom stereocenters. The number of carbonyl (C=O) groups excluding carboxylic acids is 1. The Bertz CT molecular complexity index is 814. The summed E-state index contributed by atoms with van der Waals surface area (Å²) in [5.41, 5.74) is 2.65. The molecule has 5 nitrogen and oxygen atoms in total. The van der Waals surface area contributed by atoms with E-state index in [1.807, 2.05) is 49.4 Å². The van der Waals surface area contributed by atoms with E-state index >= 15 is 0 Å². The third kappa shape index (κ3) is 5.98. The summed E-state index contributed by atoms with van der Waals surface area (Å²) in [6, 6.07) is 16.5. The number of benzene rings is 2. The lowest BCUT2D eigenvalue weighted by Gasteiger charge is -2.07. The van der Waals surface area contributed by atoms with Gasteiger partial charge >= 0.3 is 5.97 Å². The van der Waals surface area contributed by atoms with E-state index in [4.69, 9.17) is 4.74 Å².